The number of benzene rings is 1. The van der Waals surface area contributed by atoms with Crippen LogP contribution in [0.25, 0.3) is 0 Å². The van der Waals surface area contributed by atoms with E-state index in [0.29, 0.717) is 5.56 Å². The van der Waals surface area contributed by atoms with Crippen LogP contribution in [0.4, 0.5) is 4.39 Å². The molecular formula is C14H19BrFNO2. The fourth-order valence-electron chi connectivity index (χ4n) is 1.61. The fourth-order valence-corrected chi connectivity index (χ4v) is 2.01. The summed E-state index contributed by atoms with van der Waals surface area (Å²) in [7, 11) is 0. The molecule has 5 heteroatoms. The Labute approximate surface area is 121 Å². The van der Waals surface area contributed by atoms with Crippen LogP contribution in [0.5, 0.6) is 0 Å². The molecule has 1 rings (SSSR count). The van der Waals surface area contributed by atoms with Crippen molar-refractivity contribution in [3.63, 3.8) is 0 Å². The van der Waals surface area contributed by atoms with Crippen molar-refractivity contribution in [2.45, 2.75) is 32.8 Å². The van der Waals surface area contributed by atoms with E-state index in [1.54, 1.807) is 12.1 Å². The van der Waals surface area contributed by atoms with Gasteiger partial charge in [0.15, 0.2) is 0 Å². The lowest BCUT2D eigenvalue weighted by Gasteiger charge is -2.17. The number of hydrogen-bond donors (Lipinski definition) is 2. The van der Waals surface area contributed by atoms with Gasteiger partial charge in [0.2, 0.25) is 5.91 Å². The number of hydrogen-bond acceptors (Lipinski definition) is 2. The Kier molecular flexibility index (Phi) is 6.45. The molecule has 0 aliphatic carbocycles. The van der Waals surface area contributed by atoms with E-state index in [0.717, 1.165) is 10.9 Å². The number of carbonyl (C=O) groups excluding carboxylic acids is 1. The van der Waals surface area contributed by atoms with Gasteiger partial charge in [-0.05, 0) is 29.7 Å². The number of aliphatic hydroxyl groups is 1. The molecule has 0 saturated heterocycles. The maximum atomic E-state index is 13.5. The summed E-state index contributed by atoms with van der Waals surface area (Å²) in [5.41, 5.74) is 0.338. The van der Waals surface area contributed by atoms with E-state index in [2.05, 4.69) is 21.2 Å². The first-order valence-corrected chi connectivity index (χ1v) is 7.12. The molecule has 19 heavy (non-hydrogen) atoms. The first kappa shape index (κ1) is 16.1. The summed E-state index contributed by atoms with van der Waals surface area (Å²) in [6, 6.07) is 4.49. The third-order valence-electron chi connectivity index (χ3n) is 3.17. The fraction of sp³-hybridized carbons (Fsp3) is 0.500. The molecule has 106 valence electrons. The number of nitrogens with one attached hydrogen (secondary N) is 1. The van der Waals surface area contributed by atoms with Gasteiger partial charge in [0.05, 0.1) is 12.5 Å². The maximum Gasteiger partial charge on any atom is 0.224 e. The molecular weight excluding hydrogens is 313 g/mol. The van der Waals surface area contributed by atoms with Gasteiger partial charge in [-0.3, -0.25) is 4.79 Å². The summed E-state index contributed by atoms with van der Waals surface area (Å²) in [5.74, 6) is -0.567. The smallest absolute Gasteiger partial charge is 0.224 e. The predicted molar refractivity (Wildman–Crippen MR) is 76.3 cm³/mol. The second kappa shape index (κ2) is 7.60. The minimum absolute atomic E-state index is 0.0293. The van der Waals surface area contributed by atoms with Crippen LogP contribution >= 0.6 is 15.9 Å². The third kappa shape index (κ3) is 5.28. The van der Waals surface area contributed by atoms with Crippen LogP contribution in [0.15, 0.2) is 22.7 Å². The zero-order valence-electron chi connectivity index (χ0n) is 11.1. The van der Waals surface area contributed by atoms with Gasteiger partial charge in [-0.1, -0.05) is 36.2 Å². The van der Waals surface area contributed by atoms with Crippen molar-refractivity contribution in [3.05, 3.63) is 34.1 Å². The Bertz CT molecular complexity index is 439. The Morgan fingerprint density at radius 1 is 1.53 bits per heavy atom. The van der Waals surface area contributed by atoms with Gasteiger partial charge in [0, 0.05) is 11.0 Å². The molecule has 2 N–H and O–H groups in total. The van der Waals surface area contributed by atoms with Crippen molar-refractivity contribution in [3.8, 4) is 0 Å². The van der Waals surface area contributed by atoms with E-state index in [1.165, 1.54) is 6.07 Å². The average molecular weight is 332 g/mol. The minimum Gasteiger partial charge on any atom is -0.391 e. The van der Waals surface area contributed by atoms with Crippen molar-refractivity contribution in [2.75, 3.05) is 6.54 Å². The highest BCUT2D eigenvalue weighted by Crippen LogP contribution is 2.16. The molecule has 0 aromatic heterocycles. The lowest BCUT2D eigenvalue weighted by molar-refractivity contribution is -0.121. The van der Waals surface area contributed by atoms with Crippen molar-refractivity contribution < 1.29 is 14.3 Å². The molecule has 0 aliphatic rings. The SMILES string of the molecule is CCC(C)C(O)CNC(=O)Cc1cc(Br)ccc1F. The standard InChI is InChI=1S/C14H19BrFNO2/c1-3-9(2)13(18)8-17-14(19)7-10-6-11(15)4-5-12(10)16/h4-6,9,13,18H,3,7-8H2,1-2H3,(H,17,19). The molecule has 1 amide bonds. The Hall–Kier alpha value is -0.940. The molecule has 1 aromatic rings. The van der Waals surface area contributed by atoms with E-state index < -0.39 is 11.9 Å². The highest BCUT2D eigenvalue weighted by molar-refractivity contribution is 9.10. The Balaban J connectivity index is 2.49. The van der Waals surface area contributed by atoms with Crippen LogP contribution in [-0.2, 0) is 11.2 Å². The average Bonchev–Trinajstić information content (AvgIpc) is 2.39. The molecule has 0 fully saturated rings. The van der Waals surface area contributed by atoms with Crippen LogP contribution in [0.2, 0.25) is 0 Å². The second-order valence-electron chi connectivity index (χ2n) is 4.67. The van der Waals surface area contributed by atoms with Gasteiger partial charge in [-0.25, -0.2) is 4.39 Å². The summed E-state index contributed by atoms with van der Waals surface area (Å²) in [6.45, 7) is 4.10. The summed E-state index contributed by atoms with van der Waals surface area (Å²) in [6.07, 6.45) is 0.247. The molecule has 0 spiro atoms. The molecule has 0 radical (unpaired) electrons. The molecule has 0 aliphatic heterocycles. The summed E-state index contributed by atoms with van der Waals surface area (Å²) in [5, 5.41) is 12.4. The van der Waals surface area contributed by atoms with Crippen LogP contribution < -0.4 is 5.32 Å². The van der Waals surface area contributed by atoms with Gasteiger partial charge in [0.25, 0.3) is 0 Å². The molecule has 0 heterocycles. The van der Waals surface area contributed by atoms with Crippen LogP contribution in [0, 0.1) is 11.7 Å². The van der Waals surface area contributed by atoms with Gasteiger partial charge in [-0.2, -0.15) is 0 Å². The summed E-state index contributed by atoms with van der Waals surface area (Å²) < 4.78 is 14.2. The number of rotatable bonds is 6. The molecule has 3 nitrogen and oxygen atoms in total. The third-order valence-corrected chi connectivity index (χ3v) is 3.66. The topological polar surface area (TPSA) is 49.3 Å². The van der Waals surface area contributed by atoms with Crippen molar-refractivity contribution >= 4 is 21.8 Å². The zero-order chi connectivity index (χ0) is 14.4. The van der Waals surface area contributed by atoms with Gasteiger partial charge in [0.1, 0.15) is 5.82 Å². The first-order chi connectivity index (χ1) is 8.93. The molecule has 0 saturated carbocycles. The highest BCUT2D eigenvalue weighted by atomic mass is 79.9. The number of halogens is 2. The quantitative estimate of drug-likeness (QED) is 0.841. The number of carbonyl (C=O) groups is 1. The predicted octanol–water partition coefficient (Wildman–Crippen LogP) is 2.65. The van der Waals surface area contributed by atoms with Crippen LogP contribution in [0.1, 0.15) is 25.8 Å². The first-order valence-electron chi connectivity index (χ1n) is 6.32. The Morgan fingerprint density at radius 2 is 2.21 bits per heavy atom. The minimum atomic E-state index is -0.568. The van der Waals surface area contributed by atoms with Crippen molar-refractivity contribution in [2.24, 2.45) is 5.92 Å². The van der Waals surface area contributed by atoms with E-state index in [4.69, 9.17) is 0 Å². The van der Waals surface area contributed by atoms with E-state index >= 15 is 0 Å². The number of amides is 1. The number of aliphatic hydroxyl groups excluding tert-OH is 1. The molecule has 2 atom stereocenters. The van der Waals surface area contributed by atoms with Gasteiger partial charge >= 0.3 is 0 Å². The van der Waals surface area contributed by atoms with Crippen LogP contribution in [0.3, 0.4) is 0 Å². The van der Waals surface area contributed by atoms with Crippen molar-refractivity contribution in [1.82, 2.24) is 5.32 Å². The zero-order valence-corrected chi connectivity index (χ0v) is 12.7. The Morgan fingerprint density at radius 3 is 2.84 bits per heavy atom. The van der Waals surface area contributed by atoms with E-state index in [9.17, 15) is 14.3 Å². The van der Waals surface area contributed by atoms with Gasteiger partial charge < -0.3 is 10.4 Å². The van der Waals surface area contributed by atoms with Gasteiger partial charge in [-0.15, -0.1) is 0 Å². The van der Waals surface area contributed by atoms with E-state index in [-0.39, 0.29) is 24.8 Å². The monoisotopic (exact) mass is 331 g/mol. The normalized spacial score (nSPS) is 13.9. The second-order valence-corrected chi connectivity index (χ2v) is 5.59. The molecule has 2 unspecified atom stereocenters. The summed E-state index contributed by atoms with van der Waals surface area (Å²) in [4.78, 5) is 11.7. The van der Waals surface area contributed by atoms with Crippen LogP contribution in [-0.4, -0.2) is 23.7 Å². The molecule has 1 aromatic carbocycles. The maximum absolute atomic E-state index is 13.5. The largest absolute Gasteiger partial charge is 0.391 e. The lowest BCUT2D eigenvalue weighted by Crippen LogP contribution is -2.36. The van der Waals surface area contributed by atoms with E-state index in [1.807, 2.05) is 13.8 Å². The van der Waals surface area contributed by atoms with Crippen molar-refractivity contribution in [1.29, 1.82) is 0 Å². The lowest BCUT2D eigenvalue weighted by atomic mass is 10.0. The molecule has 0 bridgehead atoms. The highest BCUT2D eigenvalue weighted by Gasteiger charge is 2.14. The summed E-state index contributed by atoms with van der Waals surface area (Å²) >= 11 is 3.24.